The van der Waals surface area contributed by atoms with E-state index < -0.39 is 12.0 Å². The summed E-state index contributed by atoms with van der Waals surface area (Å²) in [5.74, 6) is -0.896. The van der Waals surface area contributed by atoms with E-state index in [1.165, 1.54) is 32.1 Å². The van der Waals surface area contributed by atoms with Crippen LogP contribution in [0.4, 0.5) is 0 Å². The molecule has 1 unspecified atom stereocenters. The molecule has 1 saturated carbocycles. The zero-order valence-electron chi connectivity index (χ0n) is 9.48. The first kappa shape index (κ1) is 12.5. The van der Waals surface area contributed by atoms with Crippen LogP contribution >= 0.6 is 0 Å². The molecule has 0 aliphatic heterocycles. The van der Waals surface area contributed by atoms with Gasteiger partial charge in [0.15, 0.2) is 0 Å². The third-order valence-electron chi connectivity index (χ3n) is 3.31. The van der Waals surface area contributed by atoms with E-state index in [0.29, 0.717) is 12.5 Å². The lowest BCUT2D eigenvalue weighted by atomic mass is 9.94. The van der Waals surface area contributed by atoms with E-state index >= 15 is 0 Å². The summed E-state index contributed by atoms with van der Waals surface area (Å²) in [4.78, 5) is 12.8. The minimum absolute atomic E-state index is 0.544. The van der Waals surface area contributed by atoms with Gasteiger partial charge in [0.2, 0.25) is 0 Å². The Morgan fingerprint density at radius 3 is 2.60 bits per heavy atom. The quantitative estimate of drug-likeness (QED) is 0.718. The highest BCUT2D eigenvalue weighted by Crippen LogP contribution is 2.21. The first-order valence-corrected chi connectivity index (χ1v) is 5.80. The van der Waals surface area contributed by atoms with Crippen molar-refractivity contribution in [1.29, 1.82) is 0 Å². The van der Waals surface area contributed by atoms with Crippen molar-refractivity contribution in [2.24, 2.45) is 5.73 Å². The molecule has 0 bridgehead atoms. The van der Waals surface area contributed by atoms with Crippen LogP contribution in [-0.4, -0.2) is 41.7 Å². The number of carboxylic acid groups (broad SMARTS) is 1. The van der Waals surface area contributed by atoms with Gasteiger partial charge in [-0.3, -0.25) is 4.79 Å². The van der Waals surface area contributed by atoms with E-state index in [0.717, 1.165) is 6.54 Å². The van der Waals surface area contributed by atoms with Crippen LogP contribution in [0.15, 0.2) is 0 Å². The number of hydrogen-bond donors (Lipinski definition) is 2. The molecule has 0 amide bonds. The lowest BCUT2D eigenvalue weighted by Gasteiger charge is -2.31. The standard InChI is InChI=1S/C11H22N2O2/c1-13(8-7-10(12)11(14)15)9-5-3-2-4-6-9/h9-10H,2-8,12H2,1H3,(H,14,15). The maximum absolute atomic E-state index is 10.5. The second kappa shape index (κ2) is 6.08. The van der Waals surface area contributed by atoms with Crippen molar-refractivity contribution in [1.82, 2.24) is 4.90 Å². The van der Waals surface area contributed by atoms with E-state index in [1.54, 1.807) is 0 Å². The van der Waals surface area contributed by atoms with Crippen LogP contribution in [0.3, 0.4) is 0 Å². The summed E-state index contributed by atoms with van der Waals surface area (Å²) < 4.78 is 0. The summed E-state index contributed by atoms with van der Waals surface area (Å²) in [6.07, 6.45) is 7.00. The molecule has 0 radical (unpaired) electrons. The molecule has 1 aliphatic carbocycles. The average molecular weight is 214 g/mol. The Kier molecular flexibility index (Phi) is 5.05. The van der Waals surface area contributed by atoms with Gasteiger partial charge in [0.1, 0.15) is 6.04 Å². The fourth-order valence-corrected chi connectivity index (χ4v) is 2.17. The van der Waals surface area contributed by atoms with Gasteiger partial charge in [0.25, 0.3) is 0 Å². The SMILES string of the molecule is CN(CCC(N)C(=O)O)C1CCCCC1. The smallest absolute Gasteiger partial charge is 0.320 e. The first-order chi connectivity index (χ1) is 7.11. The van der Waals surface area contributed by atoms with E-state index in [2.05, 4.69) is 11.9 Å². The molecule has 0 aromatic rings. The topological polar surface area (TPSA) is 66.6 Å². The molecule has 4 heteroatoms. The largest absolute Gasteiger partial charge is 0.480 e. The third-order valence-corrected chi connectivity index (χ3v) is 3.31. The number of nitrogens with two attached hydrogens (primary N) is 1. The Balaban J connectivity index is 2.22. The van der Waals surface area contributed by atoms with Gasteiger partial charge in [-0.25, -0.2) is 0 Å². The molecule has 15 heavy (non-hydrogen) atoms. The van der Waals surface area contributed by atoms with Crippen LogP contribution in [0, 0.1) is 0 Å². The molecule has 0 aromatic carbocycles. The summed E-state index contributed by atoms with van der Waals surface area (Å²) in [5, 5.41) is 8.66. The minimum Gasteiger partial charge on any atom is -0.480 e. The van der Waals surface area contributed by atoms with Gasteiger partial charge in [0.05, 0.1) is 0 Å². The number of aliphatic carboxylic acids is 1. The Hall–Kier alpha value is -0.610. The zero-order chi connectivity index (χ0) is 11.3. The van der Waals surface area contributed by atoms with Gasteiger partial charge < -0.3 is 15.7 Å². The maximum atomic E-state index is 10.5. The van der Waals surface area contributed by atoms with Crippen molar-refractivity contribution in [2.75, 3.05) is 13.6 Å². The number of rotatable bonds is 5. The van der Waals surface area contributed by atoms with Gasteiger partial charge >= 0.3 is 5.97 Å². The zero-order valence-corrected chi connectivity index (χ0v) is 9.48. The van der Waals surface area contributed by atoms with Crippen LogP contribution in [0.5, 0.6) is 0 Å². The number of hydrogen-bond acceptors (Lipinski definition) is 3. The maximum Gasteiger partial charge on any atom is 0.320 e. The highest BCUT2D eigenvalue weighted by molar-refractivity contribution is 5.72. The molecule has 1 atom stereocenters. The van der Waals surface area contributed by atoms with Crippen LogP contribution in [-0.2, 0) is 4.79 Å². The Morgan fingerprint density at radius 1 is 1.47 bits per heavy atom. The first-order valence-electron chi connectivity index (χ1n) is 5.80. The summed E-state index contributed by atoms with van der Waals surface area (Å²) in [6.45, 7) is 0.790. The van der Waals surface area contributed by atoms with Crippen LogP contribution < -0.4 is 5.73 Å². The molecule has 1 fully saturated rings. The van der Waals surface area contributed by atoms with Gasteiger partial charge in [-0.15, -0.1) is 0 Å². The Bertz CT molecular complexity index is 203. The normalized spacial score (nSPS) is 20.5. The Labute approximate surface area is 91.4 Å². The number of carboxylic acids is 1. The predicted molar refractivity (Wildman–Crippen MR) is 59.7 cm³/mol. The second-order valence-corrected chi connectivity index (χ2v) is 4.51. The summed E-state index contributed by atoms with van der Waals surface area (Å²) in [5.41, 5.74) is 5.47. The van der Waals surface area contributed by atoms with E-state index in [-0.39, 0.29) is 0 Å². The summed E-state index contributed by atoms with van der Waals surface area (Å²) in [7, 11) is 2.07. The van der Waals surface area contributed by atoms with E-state index in [4.69, 9.17) is 10.8 Å². The van der Waals surface area contributed by atoms with Crippen molar-refractivity contribution in [3.05, 3.63) is 0 Å². The molecule has 1 rings (SSSR count). The van der Waals surface area contributed by atoms with Gasteiger partial charge in [0, 0.05) is 12.6 Å². The summed E-state index contributed by atoms with van der Waals surface area (Å²) >= 11 is 0. The average Bonchev–Trinajstić information content (AvgIpc) is 2.26. The van der Waals surface area contributed by atoms with Crippen LogP contribution in [0.1, 0.15) is 38.5 Å². The molecule has 3 N–H and O–H groups in total. The number of nitrogens with zero attached hydrogens (tertiary/aromatic N) is 1. The second-order valence-electron chi connectivity index (χ2n) is 4.51. The molecule has 0 aromatic heterocycles. The monoisotopic (exact) mass is 214 g/mol. The highest BCUT2D eigenvalue weighted by Gasteiger charge is 2.19. The molecule has 0 heterocycles. The van der Waals surface area contributed by atoms with Gasteiger partial charge in [-0.2, -0.15) is 0 Å². The molecule has 0 spiro atoms. The number of carbonyl (C=O) groups is 1. The third kappa shape index (κ3) is 4.18. The van der Waals surface area contributed by atoms with Gasteiger partial charge in [-0.05, 0) is 26.3 Å². The van der Waals surface area contributed by atoms with Crippen LogP contribution in [0.2, 0.25) is 0 Å². The van der Waals surface area contributed by atoms with Crippen LogP contribution in [0.25, 0.3) is 0 Å². The van der Waals surface area contributed by atoms with E-state index in [1.807, 2.05) is 0 Å². The molecular weight excluding hydrogens is 192 g/mol. The lowest BCUT2D eigenvalue weighted by Crippen LogP contribution is -2.39. The van der Waals surface area contributed by atoms with Crippen molar-refractivity contribution in [2.45, 2.75) is 50.6 Å². The molecule has 88 valence electrons. The predicted octanol–water partition coefficient (Wildman–Crippen LogP) is 1.05. The van der Waals surface area contributed by atoms with Crippen molar-refractivity contribution >= 4 is 5.97 Å². The molecule has 1 aliphatic rings. The molecule has 4 nitrogen and oxygen atoms in total. The molecular formula is C11H22N2O2. The van der Waals surface area contributed by atoms with Gasteiger partial charge in [-0.1, -0.05) is 19.3 Å². The van der Waals surface area contributed by atoms with Crippen molar-refractivity contribution in [3.63, 3.8) is 0 Å². The van der Waals surface area contributed by atoms with E-state index in [9.17, 15) is 4.79 Å². The van der Waals surface area contributed by atoms with Crippen molar-refractivity contribution < 1.29 is 9.90 Å². The highest BCUT2D eigenvalue weighted by atomic mass is 16.4. The van der Waals surface area contributed by atoms with Crippen molar-refractivity contribution in [3.8, 4) is 0 Å². The lowest BCUT2D eigenvalue weighted by molar-refractivity contribution is -0.138. The molecule has 0 saturated heterocycles. The minimum atomic E-state index is -0.896. The summed E-state index contributed by atoms with van der Waals surface area (Å²) in [6, 6.07) is -0.0733. The fraction of sp³-hybridized carbons (Fsp3) is 0.909. The fourth-order valence-electron chi connectivity index (χ4n) is 2.17. The Morgan fingerprint density at radius 2 is 2.07 bits per heavy atom.